The summed E-state index contributed by atoms with van der Waals surface area (Å²) in [6, 6.07) is 33.1. The van der Waals surface area contributed by atoms with Crippen molar-refractivity contribution in [2.45, 2.75) is 38.9 Å². The SMILES string of the molecule is O=C(O)NCCCCN(Cc1ccc(CNCc2ccccc2)cc1)C(=O)NCCc1cccc2ccccc12. The highest BCUT2D eigenvalue weighted by atomic mass is 16.4. The van der Waals surface area contributed by atoms with Gasteiger partial charge in [0.2, 0.25) is 0 Å². The molecular weight excluding hydrogens is 500 g/mol. The van der Waals surface area contributed by atoms with Crippen LogP contribution in [0.5, 0.6) is 0 Å². The van der Waals surface area contributed by atoms with Gasteiger partial charge in [0.25, 0.3) is 0 Å². The number of nitrogens with one attached hydrogen (secondary N) is 3. The van der Waals surface area contributed by atoms with Crippen LogP contribution in [-0.4, -0.2) is 41.8 Å². The zero-order valence-electron chi connectivity index (χ0n) is 22.8. The van der Waals surface area contributed by atoms with Crippen LogP contribution in [0.15, 0.2) is 97.1 Å². The zero-order chi connectivity index (χ0) is 28.0. The standard InChI is InChI=1S/C33H38N4O3/c38-32(35-21-19-30-13-8-12-29-11-4-5-14-31(29)30)37(22-7-6-20-36-33(39)40)25-28-17-15-27(16-18-28)24-34-23-26-9-2-1-3-10-26/h1-5,8-18,34,36H,6-7,19-25H2,(H,35,38)(H,39,40). The zero-order valence-corrected chi connectivity index (χ0v) is 22.8. The summed E-state index contributed by atoms with van der Waals surface area (Å²) in [5.74, 6) is 0. The van der Waals surface area contributed by atoms with Gasteiger partial charge in [-0.1, -0.05) is 97.1 Å². The molecule has 0 heterocycles. The molecule has 4 N–H and O–H groups in total. The molecule has 208 valence electrons. The van der Waals surface area contributed by atoms with Gasteiger partial charge >= 0.3 is 12.1 Å². The molecule has 0 spiro atoms. The van der Waals surface area contributed by atoms with E-state index < -0.39 is 6.09 Å². The predicted octanol–water partition coefficient (Wildman–Crippen LogP) is 5.93. The summed E-state index contributed by atoms with van der Waals surface area (Å²) in [6.07, 6.45) is 1.09. The largest absolute Gasteiger partial charge is 0.465 e. The normalized spacial score (nSPS) is 10.8. The number of carbonyl (C=O) groups excluding carboxylic acids is 1. The minimum absolute atomic E-state index is 0.111. The van der Waals surface area contributed by atoms with Crippen molar-refractivity contribution >= 4 is 22.9 Å². The Bertz CT molecular complexity index is 1350. The van der Waals surface area contributed by atoms with E-state index in [-0.39, 0.29) is 6.03 Å². The Labute approximate surface area is 236 Å². The van der Waals surface area contributed by atoms with Crippen LogP contribution in [0.25, 0.3) is 10.8 Å². The molecule has 0 aliphatic rings. The van der Waals surface area contributed by atoms with Crippen molar-refractivity contribution in [2.24, 2.45) is 0 Å². The van der Waals surface area contributed by atoms with Crippen molar-refractivity contribution in [1.29, 1.82) is 0 Å². The summed E-state index contributed by atoms with van der Waals surface area (Å²) in [6.45, 7) is 3.52. The molecule has 0 aliphatic carbocycles. The molecular formula is C33H38N4O3. The second-order valence-corrected chi connectivity index (χ2v) is 9.89. The number of benzene rings is 4. The minimum atomic E-state index is -1.03. The lowest BCUT2D eigenvalue weighted by Crippen LogP contribution is -2.41. The Hall–Kier alpha value is -4.36. The van der Waals surface area contributed by atoms with E-state index in [1.54, 1.807) is 0 Å². The Balaban J connectivity index is 1.31. The second kappa shape index (κ2) is 15.3. The van der Waals surface area contributed by atoms with Gasteiger partial charge in [-0.2, -0.15) is 0 Å². The number of hydrogen-bond acceptors (Lipinski definition) is 3. The van der Waals surface area contributed by atoms with E-state index in [2.05, 4.69) is 82.7 Å². The highest BCUT2D eigenvalue weighted by Crippen LogP contribution is 2.18. The number of unbranched alkanes of at least 4 members (excludes halogenated alkanes) is 1. The summed E-state index contributed by atoms with van der Waals surface area (Å²) in [7, 11) is 0. The van der Waals surface area contributed by atoms with Crippen LogP contribution >= 0.6 is 0 Å². The summed E-state index contributed by atoms with van der Waals surface area (Å²) in [4.78, 5) is 25.8. The summed E-state index contributed by atoms with van der Waals surface area (Å²) < 4.78 is 0. The Morgan fingerprint density at radius 2 is 1.35 bits per heavy atom. The number of amides is 3. The van der Waals surface area contributed by atoms with Crippen LogP contribution in [0.3, 0.4) is 0 Å². The van der Waals surface area contributed by atoms with Crippen molar-refractivity contribution in [3.8, 4) is 0 Å². The van der Waals surface area contributed by atoms with Crippen molar-refractivity contribution in [3.05, 3.63) is 119 Å². The molecule has 0 atom stereocenters. The van der Waals surface area contributed by atoms with Gasteiger partial charge < -0.3 is 26.0 Å². The Morgan fingerprint density at radius 3 is 2.12 bits per heavy atom. The fourth-order valence-corrected chi connectivity index (χ4v) is 4.73. The lowest BCUT2D eigenvalue weighted by molar-refractivity contribution is 0.190. The summed E-state index contributed by atoms with van der Waals surface area (Å²) in [5.41, 5.74) is 4.70. The third kappa shape index (κ3) is 9.13. The molecule has 0 fully saturated rings. The molecule has 0 aliphatic heterocycles. The molecule has 7 nitrogen and oxygen atoms in total. The maximum Gasteiger partial charge on any atom is 0.404 e. The third-order valence-electron chi connectivity index (χ3n) is 6.87. The third-order valence-corrected chi connectivity index (χ3v) is 6.87. The van der Waals surface area contributed by atoms with Gasteiger partial charge in [0.1, 0.15) is 0 Å². The van der Waals surface area contributed by atoms with E-state index in [4.69, 9.17) is 5.11 Å². The Morgan fingerprint density at radius 1 is 0.675 bits per heavy atom. The number of urea groups is 1. The summed E-state index contributed by atoms with van der Waals surface area (Å²) in [5, 5.41) is 20.2. The van der Waals surface area contributed by atoms with E-state index in [1.165, 1.54) is 27.5 Å². The fourth-order valence-electron chi connectivity index (χ4n) is 4.73. The van der Waals surface area contributed by atoms with Gasteiger partial charge in [0.15, 0.2) is 0 Å². The molecule has 0 aromatic heterocycles. The van der Waals surface area contributed by atoms with Crippen molar-refractivity contribution < 1.29 is 14.7 Å². The van der Waals surface area contributed by atoms with E-state index in [0.717, 1.165) is 25.1 Å². The number of fused-ring (bicyclic) bond motifs is 1. The van der Waals surface area contributed by atoms with Gasteiger partial charge in [-0.05, 0) is 52.3 Å². The first kappa shape index (κ1) is 28.6. The first-order chi connectivity index (χ1) is 19.6. The molecule has 4 aromatic carbocycles. The second-order valence-electron chi connectivity index (χ2n) is 9.89. The van der Waals surface area contributed by atoms with Crippen molar-refractivity contribution in [1.82, 2.24) is 20.9 Å². The number of rotatable bonds is 14. The topological polar surface area (TPSA) is 93.7 Å². The molecule has 7 heteroatoms. The molecule has 0 saturated carbocycles. The number of hydrogen-bond donors (Lipinski definition) is 4. The lowest BCUT2D eigenvalue weighted by Gasteiger charge is -2.24. The van der Waals surface area contributed by atoms with Gasteiger partial charge in [-0.15, -0.1) is 0 Å². The van der Waals surface area contributed by atoms with Gasteiger partial charge in [-0.25, -0.2) is 9.59 Å². The number of carbonyl (C=O) groups is 2. The maximum atomic E-state index is 13.2. The van der Waals surface area contributed by atoms with Crippen molar-refractivity contribution in [3.63, 3.8) is 0 Å². The van der Waals surface area contributed by atoms with Gasteiger partial charge in [0, 0.05) is 39.3 Å². The Kier molecular flexibility index (Phi) is 10.9. The van der Waals surface area contributed by atoms with Gasteiger partial charge in [-0.3, -0.25) is 0 Å². The van der Waals surface area contributed by atoms with Crippen LogP contribution in [0.2, 0.25) is 0 Å². The minimum Gasteiger partial charge on any atom is -0.465 e. The van der Waals surface area contributed by atoms with Crippen LogP contribution in [0.4, 0.5) is 9.59 Å². The van der Waals surface area contributed by atoms with E-state index in [0.29, 0.717) is 39.0 Å². The average molecular weight is 539 g/mol. The van der Waals surface area contributed by atoms with E-state index >= 15 is 0 Å². The highest BCUT2D eigenvalue weighted by molar-refractivity contribution is 5.85. The van der Waals surface area contributed by atoms with Crippen LogP contribution in [0, 0.1) is 0 Å². The monoisotopic (exact) mass is 538 g/mol. The predicted molar refractivity (Wildman–Crippen MR) is 160 cm³/mol. The smallest absolute Gasteiger partial charge is 0.404 e. The number of carboxylic acid groups (broad SMARTS) is 1. The van der Waals surface area contributed by atoms with Crippen LogP contribution in [-0.2, 0) is 26.1 Å². The molecule has 0 saturated heterocycles. The quantitative estimate of drug-likeness (QED) is 0.150. The number of nitrogens with zero attached hydrogens (tertiary/aromatic N) is 1. The first-order valence-corrected chi connectivity index (χ1v) is 13.9. The van der Waals surface area contributed by atoms with Gasteiger partial charge in [0.05, 0.1) is 0 Å². The molecule has 0 unspecified atom stereocenters. The highest BCUT2D eigenvalue weighted by Gasteiger charge is 2.14. The lowest BCUT2D eigenvalue weighted by atomic mass is 10.0. The summed E-state index contributed by atoms with van der Waals surface area (Å²) >= 11 is 0. The van der Waals surface area contributed by atoms with Crippen LogP contribution < -0.4 is 16.0 Å². The van der Waals surface area contributed by atoms with E-state index in [1.807, 2.05) is 35.2 Å². The maximum absolute atomic E-state index is 13.2. The molecule has 4 aromatic rings. The first-order valence-electron chi connectivity index (χ1n) is 13.9. The molecule has 40 heavy (non-hydrogen) atoms. The van der Waals surface area contributed by atoms with Crippen LogP contribution in [0.1, 0.15) is 35.1 Å². The fraction of sp³-hybridized carbons (Fsp3) is 0.273. The molecule has 0 radical (unpaired) electrons. The van der Waals surface area contributed by atoms with Crippen molar-refractivity contribution in [2.75, 3.05) is 19.6 Å². The molecule has 4 rings (SSSR count). The molecule has 3 amide bonds. The molecule has 0 bridgehead atoms. The van der Waals surface area contributed by atoms with E-state index in [9.17, 15) is 9.59 Å². The average Bonchev–Trinajstić information content (AvgIpc) is 2.97.